The molecule has 1 atom stereocenters. The normalized spacial score (nSPS) is 23.4. The first kappa shape index (κ1) is 14.2. The molecule has 0 saturated heterocycles. The number of aliphatic imine (C=N–C) groups is 1. The average Bonchev–Trinajstić information content (AvgIpc) is 3.16. The van der Waals surface area contributed by atoms with Gasteiger partial charge in [0.05, 0.1) is 5.69 Å². The van der Waals surface area contributed by atoms with E-state index in [1.165, 1.54) is 0 Å². The quantitative estimate of drug-likeness (QED) is 0.884. The zero-order chi connectivity index (χ0) is 15.6. The van der Waals surface area contributed by atoms with Crippen molar-refractivity contribution in [1.29, 1.82) is 0 Å². The van der Waals surface area contributed by atoms with Gasteiger partial charge in [-0.1, -0.05) is 36.9 Å². The molecule has 3 aliphatic heterocycles. The first-order valence-electron chi connectivity index (χ1n) is 7.56. The molecular formula is C18H16N2O2S. The molecule has 5 heteroatoms. The van der Waals surface area contributed by atoms with Crippen molar-refractivity contribution in [2.24, 2.45) is 4.99 Å². The van der Waals surface area contributed by atoms with Crippen LogP contribution in [0.1, 0.15) is 13.3 Å². The van der Waals surface area contributed by atoms with Crippen molar-refractivity contribution >= 4 is 22.5 Å². The second-order valence-corrected chi connectivity index (χ2v) is 6.14. The second-order valence-electron chi connectivity index (χ2n) is 5.25. The van der Waals surface area contributed by atoms with Crippen LogP contribution < -0.4 is 10.1 Å². The zero-order valence-corrected chi connectivity index (χ0v) is 13.5. The Morgan fingerprint density at radius 2 is 2.30 bits per heavy atom. The Hall–Kier alpha value is -2.40. The van der Waals surface area contributed by atoms with Gasteiger partial charge in [0.2, 0.25) is 6.23 Å². The lowest BCUT2D eigenvalue weighted by Gasteiger charge is -2.07. The first-order chi connectivity index (χ1) is 11.3. The molecule has 0 saturated carbocycles. The minimum absolute atomic E-state index is 0.265. The van der Waals surface area contributed by atoms with Crippen LogP contribution >= 0.6 is 11.8 Å². The lowest BCUT2D eigenvalue weighted by Crippen LogP contribution is -2.02. The molecule has 1 N–H and O–H groups in total. The number of para-hydroxylation sites is 2. The van der Waals surface area contributed by atoms with Crippen molar-refractivity contribution in [3.8, 4) is 5.75 Å². The summed E-state index contributed by atoms with van der Waals surface area (Å²) in [5.41, 5.74) is 2.11. The summed E-state index contributed by atoms with van der Waals surface area (Å²) in [6.45, 7) is 2.11. The molecule has 3 aliphatic rings. The highest BCUT2D eigenvalue weighted by Crippen LogP contribution is 2.33. The average molecular weight is 324 g/mol. The van der Waals surface area contributed by atoms with Gasteiger partial charge in [-0.2, -0.15) is 0 Å². The SMILES string of the molecule is CCC(=CC1N=C2SC=CC=C2O1)C=C1Nc2ccccc2O1. The minimum Gasteiger partial charge on any atom is -0.462 e. The maximum absolute atomic E-state index is 5.84. The van der Waals surface area contributed by atoms with Crippen molar-refractivity contribution in [3.05, 3.63) is 71.2 Å². The molecule has 0 fully saturated rings. The van der Waals surface area contributed by atoms with E-state index in [4.69, 9.17) is 9.47 Å². The summed E-state index contributed by atoms with van der Waals surface area (Å²) >= 11 is 1.59. The Balaban J connectivity index is 1.52. The predicted octanol–water partition coefficient (Wildman–Crippen LogP) is 4.57. The highest BCUT2D eigenvalue weighted by atomic mass is 32.2. The maximum atomic E-state index is 5.84. The van der Waals surface area contributed by atoms with Crippen molar-refractivity contribution in [3.63, 3.8) is 0 Å². The smallest absolute Gasteiger partial charge is 0.210 e. The summed E-state index contributed by atoms with van der Waals surface area (Å²) in [6, 6.07) is 7.90. The molecule has 116 valence electrons. The Morgan fingerprint density at radius 1 is 1.39 bits per heavy atom. The molecule has 4 nitrogen and oxygen atoms in total. The van der Waals surface area contributed by atoms with E-state index in [2.05, 4.69) is 17.2 Å². The van der Waals surface area contributed by atoms with Crippen LogP contribution in [-0.2, 0) is 4.74 Å². The molecule has 3 heterocycles. The number of allylic oxidation sites excluding steroid dienone is 4. The number of nitrogens with zero attached hydrogens (tertiary/aromatic N) is 1. The fourth-order valence-corrected chi connectivity index (χ4v) is 3.19. The number of hydrogen-bond donors (Lipinski definition) is 1. The molecule has 1 aromatic carbocycles. The van der Waals surface area contributed by atoms with Crippen LogP contribution in [-0.4, -0.2) is 11.3 Å². The molecule has 0 bridgehead atoms. The van der Waals surface area contributed by atoms with Gasteiger partial charge in [0.15, 0.2) is 17.4 Å². The molecule has 23 heavy (non-hydrogen) atoms. The van der Waals surface area contributed by atoms with Gasteiger partial charge in [-0.25, -0.2) is 4.99 Å². The first-order valence-corrected chi connectivity index (χ1v) is 8.44. The molecule has 0 aliphatic carbocycles. The van der Waals surface area contributed by atoms with Crippen LogP contribution in [0.25, 0.3) is 0 Å². The number of benzene rings is 1. The standard InChI is InChI=1S/C18H16N2O2S/c1-2-12(10-16-19-13-6-3-4-7-14(13)21-16)11-17-20-18-15(22-17)8-5-9-23-18/h3-11,17,19H,2H2,1H3. The molecule has 1 unspecified atom stereocenters. The van der Waals surface area contributed by atoms with Gasteiger partial charge in [0, 0.05) is 6.08 Å². The fourth-order valence-electron chi connectivity index (χ4n) is 2.51. The monoisotopic (exact) mass is 324 g/mol. The lowest BCUT2D eigenvalue weighted by atomic mass is 10.2. The molecule has 0 amide bonds. The van der Waals surface area contributed by atoms with Crippen LogP contribution in [0, 0.1) is 0 Å². The van der Waals surface area contributed by atoms with Gasteiger partial charge in [0.1, 0.15) is 5.04 Å². The number of thioether (sulfide) groups is 1. The summed E-state index contributed by atoms with van der Waals surface area (Å²) < 4.78 is 11.6. The number of hydrogen-bond acceptors (Lipinski definition) is 5. The van der Waals surface area contributed by atoms with E-state index in [0.29, 0.717) is 0 Å². The van der Waals surface area contributed by atoms with E-state index in [9.17, 15) is 0 Å². The summed E-state index contributed by atoms with van der Waals surface area (Å²) in [5.74, 6) is 2.44. The third-order valence-electron chi connectivity index (χ3n) is 3.66. The predicted molar refractivity (Wildman–Crippen MR) is 94.3 cm³/mol. The highest BCUT2D eigenvalue weighted by molar-refractivity contribution is 8.17. The van der Waals surface area contributed by atoms with Crippen LogP contribution in [0.2, 0.25) is 0 Å². The molecular weight excluding hydrogens is 308 g/mol. The number of rotatable bonds is 3. The van der Waals surface area contributed by atoms with Gasteiger partial charge in [-0.15, -0.1) is 0 Å². The minimum atomic E-state index is -0.265. The summed E-state index contributed by atoms with van der Waals surface area (Å²) in [5, 5.41) is 6.22. The number of nitrogens with one attached hydrogen (secondary N) is 1. The van der Waals surface area contributed by atoms with Crippen molar-refractivity contribution in [2.45, 2.75) is 19.6 Å². The Morgan fingerprint density at radius 3 is 3.13 bits per heavy atom. The Labute approximate surface area is 139 Å². The largest absolute Gasteiger partial charge is 0.462 e. The summed E-state index contributed by atoms with van der Waals surface area (Å²) in [7, 11) is 0. The van der Waals surface area contributed by atoms with Gasteiger partial charge < -0.3 is 14.8 Å². The van der Waals surface area contributed by atoms with E-state index in [1.807, 2.05) is 54.0 Å². The second kappa shape index (κ2) is 6.01. The molecule has 0 radical (unpaired) electrons. The van der Waals surface area contributed by atoms with Gasteiger partial charge >= 0.3 is 0 Å². The Bertz CT molecular complexity index is 763. The maximum Gasteiger partial charge on any atom is 0.210 e. The van der Waals surface area contributed by atoms with E-state index in [1.54, 1.807) is 11.8 Å². The summed E-state index contributed by atoms with van der Waals surface area (Å²) in [4.78, 5) is 4.58. The molecule has 1 aromatic rings. The lowest BCUT2D eigenvalue weighted by molar-refractivity contribution is 0.197. The van der Waals surface area contributed by atoms with Crippen LogP contribution in [0.4, 0.5) is 5.69 Å². The molecule has 4 rings (SSSR count). The van der Waals surface area contributed by atoms with Crippen LogP contribution in [0.5, 0.6) is 5.75 Å². The van der Waals surface area contributed by atoms with Crippen molar-refractivity contribution in [2.75, 3.05) is 5.32 Å². The van der Waals surface area contributed by atoms with E-state index in [0.717, 1.165) is 40.1 Å². The van der Waals surface area contributed by atoms with Gasteiger partial charge in [-0.05, 0) is 41.7 Å². The van der Waals surface area contributed by atoms with Gasteiger partial charge in [-0.3, -0.25) is 0 Å². The van der Waals surface area contributed by atoms with E-state index in [-0.39, 0.29) is 6.23 Å². The number of fused-ring (bicyclic) bond motifs is 2. The van der Waals surface area contributed by atoms with Gasteiger partial charge in [0.25, 0.3) is 0 Å². The van der Waals surface area contributed by atoms with E-state index < -0.39 is 0 Å². The van der Waals surface area contributed by atoms with Crippen LogP contribution in [0.15, 0.2) is 76.2 Å². The number of anilines is 1. The van der Waals surface area contributed by atoms with E-state index >= 15 is 0 Å². The molecule has 0 spiro atoms. The fraction of sp³-hybridized carbons (Fsp3) is 0.167. The third-order valence-corrected chi connectivity index (χ3v) is 4.48. The zero-order valence-electron chi connectivity index (χ0n) is 12.7. The van der Waals surface area contributed by atoms with Crippen molar-refractivity contribution in [1.82, 2.24) is 0 Å². The van der Waals surface area contributed by atoms with Crippen molar-refractivity contribution < 1.29 is 9.47 Å². The summed E-state index contributed by atoms with van der Waals surface area (Å²) in [6.07, 6.45) is 8.57. The topological polar surface area (TPSA) is 42.8 Å². The number of ether oxygens (including phenoxy) is 2. The Kier molecular flexibility index (Phi) is 3.71. The van der Waals surface area contributed by atoms with Crippen LogP contribution in [0.3, 0.4) is 0 Å². The molecule has 0 aromatic heterocycles. The third kappa shape index (κ3) is 2.92. The highest BCUT2D eigenvalue weighted by Gasteiger charge is 2.23.